The summed E-state index contributed by atoms with van der Waals surface area (Å²) in [6.45, 7) is 0.500. The average molecular weight is 352 g/mol. The lowest BCUT2D eigenvalue weighted by Gasteiger charge is -2.34. The van der Waals surface area contributed by atoms with Gasteiger partial charge in [0.05, 0.1) is 0 Å². The van der Waals surface area contributed by atoms with Crippen LogP contribution in [0.25, 0.3) is 0 Å². The van der Waals surface area contributed by atoms with Gasteiger partial charge in [-0.1, -0.05) is 6.07 Å². The number of piperidine rings is 1. The van der Waals surface area contributed by atoms with Gasteiger partial charge in [-0.15, -0.1) is 0 Å². The maximum absolute atomic E-state index is 13.8. The lowest BCUT2D eigenvalue weighted by atomic mass is 10.0. The third kappa shape index (κ3) is 3.75. The fraction of sp³-hybridized carbons (Fsp3) is 0.278. The number of nitrogens with zero attached hydrogens (tertiary/aromatic N) is 1. The van der Waals surface area contributed by atoms with Crippen molar-refractivity contribution in [3.05, 3.63) is 65.2 Å². The number of amides is 1. The van der Waals surface area contributed by atoms with Gasteiger partial charge in [0.2, 0.25) is 0 Å². The summed E-state index contributed by atoms with van der Waals surface area (Å²) in [5.41, 5.74) is -0.325. The Morgan fingerprint density at radius 1 is 1.08 bits per heavy atom. The molecule has 1 unspecified atom stereocenters. The highest BCUT2D eigenvalue weighted by Gasteiger charge is 2.29. The Balaban J connectivity index is 1.75. The van der Waals surface area contributed by atoms with Crippen molar-refractivity contribution in [1.29, 1.82) is 0 Å². The number of likely N-dealkylation sites (tertiary alicyclic amines) is 1. The molecule has 1 fully saturated rings. The third-order valence-corrected chi connectivity index (χ3v) is 4.16. The van der Waals surface area contributed by atoms with Crippen LogP contribution < -0.4 is 5.32 Å². The first-order valence-corrected chi connectivity index (χ1v) is 7.90. The summed E-state index contributed by atoms with van der Waals surface area (Å²) in [7, 11) is 0. The van der Waals surface area contributed by atoms with E-state index in [0.29, 0.717) is 31.1 Å². The molecule has 1 saturated heterocycles. The molecule has 1 N–H and O–H groups in total. The van der Waals surface area contributed by atoms with Crippen LogP contribution in [0, 0.1) is 23.3 Å². The zero-order valence-corrected chi connectivity index (χ0v) is 13.2. The van der Waals surface area contributed by atoms with Crippen LogP contribution >= 0.6 is 0 Å². The average Bonchev–Trinajstić information content (AvgIpc) is 2.59. The second-order valence-corrected chi connectivity index (χ2v) is 5.96. The Bertz CT molecular complexity index is 797. The molecule has 7 heteroatoms. The largest absolute Gasteiger partial charge is 0.380 e. The highest BCUT2D eigenvalue weighted by Crippen LogP contribution is 2.22. The number of hydrogen-bond acceptors (Lipinski definition) is 2. The van der Waals surface area contributed by atoms with Gasteiger partial charge in [0.15, 0.2) is 11.6 Å². The maximum atomic E-state index is 13.8. The van der Waals surface area contributed by atoms with Gasteiger partial charge in [0.1, 0.15) is 17.2 Å². The first kappa shape index (κ1) is 17.3. The number of halogens is 4. The van der Waals surface area contributed by atoms with Gasteiger partial charge in [0, 0.05) is 24.8 Å². The van der Waals surface area contributed by atoms with Crippen LogP contribution in [0.15, 0.2) is 36.4 Å². The highest BCUT2D eigenvalue weighted by molar-refractivity contribution is 5.95. The van der Waals surface area contributed by atoms with E-state index < -0.39 is 34.7 Å². The van der Waals surface area contributed by atoms with Crippen LogP contribution in [0.1, 0.15) is 23.2 Å². The first-order valence-electron chi connectivity index (χ1n) is 7.90. The Kier molecular flexibility index (Phi) is 4.92. The molecule has 3 nitrogen and oxygen atoms in total. The summed E-state index contributed by atoms with van der Waals surface area (Å²) < 4.78 is 54.2. The van der Waals surface area contributed by atoms with E-state index in [2.05, 4.69) is 5.32 Å². The fourth-order valence-corrected chi connectivity index (χ4v) is 2.97. The van der Waals surface area contributed by atoms with Gasteiger partial charge in [-0.05, 0) is 43.2 Å². The van der Waals surface area contributed by atoms with E-state index in [1.54, 1.807) is 12.1 Å². The van der Waals surface area contributed by atoms with Crippen molar-refractivity contribution >= 4 is 11.6 Å². The normalized spacial score (nSPS) is 17.4. The minimum absolute atomic E-state index is 0.185. The number of anilines is 1. The maximum Gasteiger partial charge on any atom is 0.260 e. The van der Waals surface area contributed by atoms with Crippen molar-refractivity contribution in [2.24, 2.45) is 0 Å². The monoisotopic (exact) mass is 352 g/mol. The minimum atomic E-state index is -1.48. The molecule has 1 heterocycles. The Hall–Kier alpha value is -2.57. The molecule has 2 aromatic rings. The number of hydrogen-bond donors (Lipinski definition) is 1. The van der Waals surface area contributed by atoms with E-state index in [0.717, 1.165) is 6.07 Å². The molecule has 3 rings (SSSR count). The molecule has 0 saturated carbocycles. The zero-order chi connectivity index (χ0) is 18.0. The number of nitrogens with one attached hydrogen (secondary N) is 1. The molecule has 0 radical (unpaired) electrons. The van der Waals surface area contributed by atoms with Gasteiger partial charge in [0.25, 0.3) is 5.91 Å². The van der Waals surface area contributed by atoms with Gasteiger partial charge >= 0.3 is 0 Å². The number of carbonyl (C=O) groups excluding carboxylic acids is 1. The van der Waals surface area contributed by atoms with Crippen molar-refractivity contribution in [2.75, 3.05) is 18.4 Å². The molecule has 132 valence electrons. The standard InChI is InChI=1S/C18H16F4N2O/c19-11-3-1-4-12(9-11)23-13-5-2-8-24(10-13)18(25)16-14(20)6-7-15(21)17(16)22/h1,3-4,6-7,9,13,23H,2,5,8,10H2. The zero-order valence-electron chi connectivity index (χ0n) is 13.2. The molecule has 1 atom stereocenters. The number of rotatable bonds is 3. The SMILES string of the molecule is O=C(c1c(F)ccc(F)c1F)N1CCCC(Nc2cccc(F)c2)C1. The van der Waals surface area contributed by atoms with Crippen LogP contribution in [-0.2, 0) is 0 Å². The Labute approximate surface area is 142 Å². The Morgan fingerprint density at radius 2 is 1.84 bits per heavy atom. The second-order valence-electron chi connectivity index (χ2n) is 5.96. The molecule has 1 aliphatic rings. The van der Waals surface area contributed by atoms with Crippen molar-refractivity contribution in [1.82, 2.24) is 4.90 Å². The molecule has 25 heavy (non-hydrogen) atoms. The lowest BCUT2D eigenvalue weighted by Crippen LogP contribution is -2.45. The molecular formula is C18H16F4N2O. The molecule has 0 bridgehead atoms. The first-order chi connectivity index (χ1) is 12.0. The van der Waals surface area contributed by atoms with Gasteiger partial charge in [-0.25, -0.2) is 17.6 Å². The third-order valence-electron chi connectivity index (χ3n) is 4.16. The summed E-state index contributed by atoms with van der Waals surface area (Å²) in [6.07, 6.45) is 1.33. The Morgan fingerprint density at radius 3 is 2.60 bits per heavy atom. The van der Waals surface area contributed by atoms with Gasteiger partial charge in [-0.3, -0.25) is 4.79 Å². The summed E-state index contributed by atoms with van der Waals surface area (Å²) in [6, 6.07) is 7.07. The summed E-state index contributed by atoms with van der Waals surface area (Å²) in [5, 5.41) is 3.10. The van der Waals surface area contributed by atoms with E-state index >= 15 is 0 Å². The molecular weight excluding hydrogens is 336 g/mol. The van der Waals surface area contributed by atoms with E-state index in [9.17, 15) is 22.4 Å². The molecule has 0 aromatic heterocycles. The molecule has 1 aliphatic heterocycles. The van der Waals surface area contributed by atoms with E-state index in [1.807, 2.05) is 0 Å². The molecule has 0 spiro atoms. The molecule has 1 amide bonds. The number of benzene rings is 2. The predicted octanol–water partition coefficient (Wildman–Crippen LogP) is 3.96. The van der Waals surface area contributed by atoms with Gasteiger partial charge < -0.3 is 10.2 Å². The number of carbonyl (C=O) groups is 1. The van der Waals surface area contributed by atoms with E-state index in [-0.39, 0.29) is 12.6 Å². The lowest BCUT2D eigenvalue weighted by molar-refractivity contribution is 0.0703. The van der Waals surface area contributed by atoms with E-state index in [4.69, 9.17) is 0 Å². The summed E-state index contributed by atoms with van der Waals surface area (Å²) in [4.78, 5) is 13.7. The molecule has 0 aliphatic carbocycles. The van der Waals surface area contributed by atoms with Gasteiger partial charge in [-0.2, -0.15) is 0 Å². The van der Waals surface area contributed by atoms with Crippen LogP contribution in [0.3, 0.4) is 0 Å². The van der Waals surface area contributed by atoms with Crippen molar-refractivity contribution in [3.63, 3.8) is 0 Å². The molecule has 2 aromatic carbocycles. The predicted molar refractivity (Wildman–Crippen MR) is 85.3 cm³/mol. The summed E-state index contributed by atoms with van der Waals surface area (Å²) in [5.74, 6) is -5.12. The van der Waals surface area contributed by atoms with Crippen LogP contribution in [0.2, 0.25) is 0 Å². The highest BCUT2D eigenvalue weighted by atomic mass is 19.2. The summed E-state index contributed by atoms with van der Waals surface area (Å²) >= 11 is 0. The smallest absolute Gasteiger partial charge is 0.260 e. The van der Waals surface area contributed by atoms with Crippen molar-refractivity contribution < 1.29 is 22.4 Å². The topological polar surface area (TPSA) is 32.3 Å². The van der Waals surface area contributed by atoms with Crippen LogP contribution in [0.4, 0.5) is 23.2 Å². The van der Waals surface area contributed by atoms with Crippen LogP contribution in [-0.4, -0.2) is 29.9 Å². The second kappa shape index (κ2) is 7.13. The van der Waals surface area contributed by atoms with Crippen LogP contribution in [0.5, 0.6) is 0 Å². The minimum Gasteiger partial charge on any atom is -0.380 e. The quantitative estimate of drug-likeness (QED) is 0.670. The van der Waals surface area contributed by atoms with Crippen molar-refractivity contribution in [3.8, 4) is 0 Å². The van der Waals surface area contributed by atoms with E-state index in [1.165, 1.54) is 17.0 Å². The fourth-order valence-electron chi connectivity index (χ4n) is 2.97. The van der Waals surface area contributed by atoms with Crippen molar-refractivity contribution in [2.45, 2.75) is 18.9 Å².